The fourth-order valence-electron chi connectivity index (χ4n) is 1.73. The van der Waals surface area contributed by atoms with Crippen LogP contribution in [0.15, 0.2) is 18.5 Å². The standard InChI is InChI=1S/C14H20N6O/c1-5-16-10-6-11(19-13(18-10)14(2,3)4)20-8-9(7-17-20)12(15)21/h6-8H,5H2,1-4H3,(H2,15,21)(H,16,18,19). The number of primary amides is 1. The minimum atomic E-state index is -0.516. The maximum Gasteiger partial charge on any atom is 0.251 e. The SMILES string of the molecule is CCNc1cc(-n2cc(C(N)=O)cn2)nc(C(C)(C)C)n1. The van der Waals surface area contributed by atoms with Crippen LogP contribution in [0.4, 0.5) is 5.82 Å². The molecule has 0 aliphatic carbocycles. The normalized spacial score (nSPS) is 11.4. The van der Waals surface area contributed by atoms with Gasteiger partial charge in [-0.3, -0.25) is 4.79 Å². The third-order valence-electron chi connectivity index (χ3n) is 2.84. The second-order valence-corrected chi connectivity index (χ2v) is 5.75. The lowest BCUT2D eigenvalue weighted by molar-refractivity contribution is 0.100. The minimum absolute atomic E-state index is 0.195. The van der Waals surface area contributed by atoms with Crippen molar-refractivity contribution < 1.29 is 4.79 Å². The molecule has 0 saturated carbocycles. The Morgan fingerprint density at radius 2 is 2.10 bits per heavy atom. The van der Waals surface area contributed by atoms with Crippen LogP contribution in [0.25, 0.3) is 5.82 Å². The van der Waals surface area contributed by atoms with Crippen LogP contribution in [0.3, 0.4) is 0 Å². The summed E-state index contributed by atoms with van der Waals surface area (Å²) in [6.07, 6.45) is 2.99. The molecule has 0 aliphatic rings. The van der Waals surface area contributed by atoms with Crippen LogP contribution in [0.2, 0.25) is 0 Å². The van der Waals surface area contributed by atoms with E-state index in [-0.39, 0.29) is 5.41 Å². The van der Waals surface area contributed by atoms with Crippen molar-refractivity contribution in [1.29, 1.82) is 0 Å². The third kappa shape index (κ3) is 3.36. The molecule has 0 fully saturated rings. The third-order valence-corrected chi connectivity index (χ3v) is 2.84. The molecule has 0 bridgehead atoms. The van der Waals surface area contributed by atoms with Crippen LogP contribution in [-0.2, 0) is 5.41 Å². The number of nitrogens with two attached hydrogens (primary N) is 1. The first-order valence-electron chi connectivity index (χ1n) is 6.79. The fourth-order valence-corrected chi connectivity index (χ4v) is 1.73. The lowest BCUT2D eigenvalue weighted by Gasteiger charge is -2.18. The zero-order valence-corrected chi connectivity index (χ0v) is 12.7. The predicted octanol–water partition coefficient (Wildman–Crippen LogP) is 1.49. The van der Waals surface area contributed by atoms with Gasteiger partial charge in [0.1, 0.15) is 11.6 Å². The topological polar surface area (TPSA) is 98.7 Å². The van der Waals surface area contributed by atoms with Gasteiger partial charge in [-0.2, -0.15) is 5.10 Å². The van der Waals surface area contributed by atoms with Gasteiger partial charge in [0.25, 0.3) is 5.91 Å². The highest BCUT2D eigenvalue weighted by molar-refractivity contribution is 5.92. The quantitative estimate of drug-likeness (QED) is 0.888. The summed E-state index contributed by atoms with van der Waals surface area (Å²) < 4.78 is 1.53. The van der Waals surface area contributed by atoms with Crippen molar-refractivity contribution in [2.75, 3.05) is 11.9 Å². The summed E-state index contributed by atoms with van der Waals surface area (Å²) in [5.41, 5.74) is 5.39. The van der Waals surface area contributed by atoms with Crippen molar-refractivity contribution in [3.8, 4) is 5.82 Å². The van der Waals surface area contributed by atoms with E-state index in [2.05, 4.69) is 20.4 Å². The molecule has 7 nitrogen and oxygen atoms in total. The maximum absolute atomic E-state index is 11.2. The van der Waals surface area contributed by atoms with Gasteiger partial charge in [0.15, 0.2) is 5.82 Å². The van der Waals surface area contributed by atoms with E-state index in [1.807, 2.05) is 27.7 Å². The maximum atomic E-state index is 11.2. The van der Waals surface area contributed by atoms with Gasteiger partial charge in [-0.1, -0.05) is 20.8 Å². The molecule has 21 heavy (non-hydrogen) atoms. The van der Waals surface area contributed by atoms with E-state index in [4.69, 9.17) is 5.73 Å². The van der Waals surface area contributed by atoms with Gasteiger partial charge >= 0.3 is 0 Å². The highest BCUT2D eigenvalue weighted by atomic mass is 16.1. The van der Waals surface area contributed by atoms with Gasteiger partial charge < -0.3 is 11.1 Å². The number of hydrogen-bond acceptors (Lipinski definition) is 5. The number of nitrogens with one attached hydrogen (secondary N) is 1. The van der Waals surface area contributed by atoms with Crippen molar-refractivity contribution >= 4 is 11.7 Å². The molecule has 2 heterocycles. The number of anilines is 1. The summed E-state index contributed by atoms with van der Waals surface area (Å²) >= 11 is 0. The van der Waals surface area contributed by atoms with E-state index in [1.54, 1.807) is 12.3 Å². The Hall–Kier alpha value is -2.44. The second kappa shape index (κ2) is 5.51. The van der Waals surface area contributed by atoms with E-state index in [0.29, 0.717) is 17.2 Å². The van der Waals surface area contributed by atoms with Gasteiger partial charge in [-0.05, 0) is 6.92 Å². The zero-order chi connectivity index (χ0) is 15.6. The van der Waals surface area contributed by atoms with Gasteiger partial charge in [0, 0.05) is 24.2 Å². The molecule has 112 valence electrons. The molecule has 0 radical (unpaired) electrons. The molecule has 0 aromatic carbocycles. The molecule has 2 aromatic heterocycles. The summed E-state index contributed by atoms with van der Waals surface area (Å²) in [5.74, 6) is 1.51. The molecule has 3 N–H and O–H groups in total. The highest BCUT2D eigenvalue weighted by Gasteiger charge is 2.20. The van der Waals surface area contributed by atoms with Crippen LogP contribution in [0.1, 0.15) is 43.9 Å². The van der Waals surface area contributed by atoms with E-state index < -0.39 is 5.91 Å². The summed E-state index contributed by atoms with van der Waals surface area (Å²) in [6.45, 7) is 8.88. The second-order valence-electron chi connectivity index (χ2n) is 5.75. The van der Waals surface area contributed by atoms with Crippen LogP contribution < -0.4 is 11.1 Å². The van der Waals surface area contributed by atoms with Crippen molar-refractivity contribution in [2.24, 2.45) is 5.73 Å². The van der Waals surface area contributed by atoms with Crippen LogP contribution >= 0.6 is 0 Å². The Morgan fingerprint density at radius 1 is 1.38 bits per heavy atom. The fraction of sp³-hybridized carbons (Fsp3) is 0.429. The number of aromatic nitrogens is 4. The van der Waals surface area contributed by atoms with Crippen LogP contribution in [0.5, 0.6) is 0 Å². The van der Waals surface area contributed by atoms with Crippen LogP contribution in [-0.4, -0.2) is 32.2 Å². The molecule has 2 aromatic rings. The van der Waals surface area contributed by atoms with Crippen molar-refractivity contribution in [1.82, 2.24) is 19.7 Å². The number of nitrogens with zero attached hydrogens (tertiary/aromatic N) is 4. The van der Waals surface area contributed by atoms with Gasteiger partial charge in [-0.25, -0.2) is 14.6 Å². The lowest BCUT2D eigenvalue weighted by Crippen LogP contribution is -2.19. The molecule has 0 atom stereocenters. The molecular weight excluding hydrogens is 268 g/mol. The first kappa shape index (κ1) is 15.0. The molecule has 0 unspecified atom stereocenters. The molecule has 7 heteroatoms. The monoisotopic (exact) mass is 288 g/mol. The minimum Gasteiger partial charge on any atom is -0.370 e. The van der Waals surface area contributed by atoms with E-state index >= 15 is 0 Å². The molecule has 0 spiro atoms. The van der Waals surface area contributed by atoms with Crippen molar-refractivity contribution in [2.45, 2.75) is 33.1 Å². The van der Waals surface area contributed by atoms with Crippen LogP contribution in [0, 0.1) is 0 Å². The van der Waals surface area contributed by atoms with E-state index in [9.17, 15) is 4.79 Å². The first-order chi connectivity index (χ1) is 9.81. The summed E-state index contributed by atoms with van der Waals surface area (Å²) in [5, 5.41) is 7.31. The number of carbonyl (C=O) groups excluding carboxylic acids is 1. The Labute approximate surface area is 123 Å². The highest BCUT2D eigenvalue weighted by Crippen LogP contribution is 2.21. The summed E-state index contributed by atoms with van der Waals surface area (Å²) in [4.78, 5) is 20.2. The Kier molecular flexibility index (Phi) is 3.93. The number of hydrogen-bond donors (Lipinski definition) is 2. The average molecular weight is 288 g/mol. The number of rotatable bonds is 4. The van der Waals surface area contributed by atoms with Gasteiger partial charge in [0.05, 0.1) is 11.8 Å². The Balaban J connectivity index is 2.50. The van der Waals surface area contributed by atoms with E-state index in [0.717, 1.165) is 12.4 Å². The number of amides is 1. The summed E-state index contributed by atoms with van der Waals surface area (Å²) in [6, 6.07) is 1.79. The van der Waals surface area contributed by atoms with Crippen molar-refractivity contribution in [3.63, 3.8) is 0 Å². The Morgan fingerprint density at radius 3 is 2.62 bits per heavy atom. The Bertz CT molecular complexity index is 656. The number of carbonyl (C=O) groups is 1. The first-order valence-corrected chi connectivity index (χ1v) is 6.79. The van der Waals surface area contributed by atoms with E-state index in [1.165, 1.54) is 10.9 Å². The smallest absolute Gasteiger partial charge is 0.251 e. The van der Waals surface area contributed by atoms with Crippen molar-refractivity contribution in [3.05, 3.63) is 29.8 Å². The largest absolute Gasteiger partial charge is 0.370 e. The lowest BCUT2D eigenvalue weighted by atomic mass is 9.96. The molecule has 2 rings (SSSR count). The van der Waals surface area contributed by atoms with Gasteiger partial charge in [0.2, 0.25) is 0 Å². The molecule has 1 amide bonds. The summed E-state index contributed by atoms with van der Waals surface area (Å²) in [7, 11) is 0. The predicted molar refractivity (Wildman–Crippen MR) is 80.5 cm³/mol. The molecule has 0 aliphatic heterocycles. The zero-order valence-electron chi connectivity index (χ0n) is 12.7. The average Bonchev–Trinajstić information content (AvgIpc) is 2.87. The molecular formula is C14H20N6O. The molecule has 0 saturated heterocycles. The van der Waals surface area contributed by atoms with Gasteiger partial charge in [-0.15, -0.1) is 0 Å².